The van der Waals surface area contributed by atoms with Gasteiger partial charge in [-0.25, -0.2) is 4.68 Å². The number of nitrogens with two attached hydrogens (primary N) is 1. The predicted octanol–water partition coefficient (Wildman–Crippen LogP) is 2.72. The van der Waals surface area contributed by atoms with Crippen LogP contribution >= 0.6 is 0 Å². The lowest BCUT2D eigenvalue weighted by Crippen LogP contribution is -2.26. The average molecular weight is 281 g/mol. The molecule has 116 valence electrons. The lowest BCUT2D eigenvalue weighted by Gasteiger charge is -2.20. The fraction of sp³-hybridized carbons (Fsp3) is 0.800. The van der Waals surface area contributed by atoms with Crippen molar-refractivity contribution in [1.29, 1.82) is 0 Å². The largest absolute Gasteiger partial charge is 0.394 e. The molecule has 0 saturated heterocycles. The number of hydrogen-bond acceptors (Lipinski definition) is 4. The third-order valence-electron chi connectivity index (χ3n) is 3.86. The zero-order valence-corrected chi connectivity index (χ0v) is 13.7. The Morgan fingerprint density at radius 1 is 1.30 bits per heavy atom. The molecule has 1 aromatic rings. The lowest BCUT2D eigenvalue weighted by atomic mass is 10.1. The van der Waals surface area contributed by atoms with Crippen molar-refractivity contribution in [3.05, 3.63) is 5.69 Å². The molecule has 1 heterocycles. The third kappa shape index (κ3) is 4.40. The maximum Gasteiger partial charge on any atom is 0.148 e. The maximum atomic E-state index is 6.09. The van der Waals surface area contributed by atoms with Gasteiger partial charge in [0, 0.05) is 12.6 Å². The van der Waals surface area contributed by atoms with E-state index in [9.17, 15) is 0 Å². The molecule has 0 radical (unpaired) electrons. The van der Waals surface area contributed by atoms with E-state index >= 15 is 0 Å². The van der Waals surface area contributed by atoms with Crippen LogP contribution in [0.2, 0.25) is 0 Å². The van der Waals surface area contributed by atoms with Crippen LogP contribution in [-0.4, -0.2) is 40.4 Å². The quantitative estimate of drug-likeness (QED) is 0.730. The topological polar surface area (TPSA) is 59.1 Å². The van der Waals surface area contributed by atoms with Gasteiger partial charge < -0.3 is 16.0 Å². The van der Waals surface area contributed by atoms with E-state index in [2.05, 4.69) is 43.0 Å². The fourth-order valence-electron chi connectivity index (χ4n) is 2.44. The molecule has 1 unspecified atom stereocenters. The number of nitrogens with zero attached hydrogens (tertiary/aromatic N) is 3. The number of anilines is 2. The Morgan fingerprint density at radius 2 is 1.95 bits per heavy atom. The Morgan fingerprint density at radius 3 is 2.50 bits per heavy atom. The molecular formula is C15H31N5. The van der Waals surface area contributed by atoms with Gasteiger partial charge in [-0.3, -0.25) is 0 Å². The molecule has 0 fully saturated rings. The number of aromatic nitrogens is 2. The standard InChI is InChI=1S/C15H31N5/c1-6-19(7-2)11-9-10-12(4)17-15-14(16)13(5)18-20(15)8-3/h12,17H,6-11,16H2,1-5H3. The van der Waals surface area contributed by atoms with Crippen LogP contribution in [0.3, 0.4) is 0 Å². The van der Waals surface area contributed by atoms with Crippen molar-refractivity contribution in [2.75, 3.05) is 30.7 Å². The molecule has 0 spiro atoms. The first-order chi connectivity index (χ1) is 9.53. The second-order valence-electron chi connectivity index (χ2n) is 5.38. The molecule has 1 atom stereocenters. The normalized spacial score (nSPS) is 12.9. The molecule has 0 aliphatic rings. The van der Waals surface area contributed by atoms with Gasteiger partial charge in [-0.1, -0.05) is 13.8 Å². The first-order valence-electron chi connectivity index (χ1n) is 7.85. The zero-order chi connectivity index (χ0) is 15.1. The molecule has 0 aliphatic carbocycles. The summed E-state index contributed by atoms with van der Waals surface area (Å²) in [5.41, 5.74) is 7.78. The second-order valence-corrected chi connectivity index (χ2v) is 5.38. The zero-order valence-electron chi connectivity index (χ0n) is 13.7. The Kier molecular flexibility index (Phi) is 6.85. The van der Waals surface area contributed by atoms with Crippen molar-refractivity contribution in [3.63, 3.8) is 0 Å². The van der Waals surface area contributed by atoms with Crippen molar-refractivity contribution in [2.24, 2.45) is 0 Å². The van der Waals surface area contributed by atoms with Crippen molar-refractivity contribution >= 4 is 11.5 Å². The smallest absolute Gasteiger partial charge is 0.148 e. The van der Waals surface area contributed by atoms with Gasteiger partial charge in [0.25, 0.3) is 0 Å². The molecule has 5 nitrogen and oxygen atoms in total. The van der Waals surface area contributed by atoms with Crippen LogP contribution in [0.4, 0.5) is 11.5 Å². The number of hydrogen-bond donors (Lipinski definition) is 2. The van der Waals surface area contributed by atoms with Gasteiger partial charge in [0.2, 0.25) is 0 Å². The van der Waals surface area contributed by atoms with E-state index in [1.54, 1.807) is 0 Å². The molecule has 0 amide bonds. The highest BCUT2D eigenvalue weighted by molar-refractivity contribution is 5.65. The van der Waals surface area contributed by atoms with Gasteiger partial charge >= 0.3 is 0 Å². The Hall–Kier alpha value is -1.23. The highest BCUT2D eigenvalue weighted by Crippen LogP contribution is 2.23. The molecule has 0 aliphatic heterocycles. The summed E-state index contributed by atoms with van der Waals surface area (Å²) in [5, 5.41) is 7.95. The number of nitrogen functional groups attached to an aromatic ring is 1. The first kappa shape index (κ1) is 16.8. The van der Waals surface area contributed by atoms with Crippen LogP contribution in [0.25, 0.3) is 0 Å². The van der Waals surface area contributed by atoms with Gasteiger partial charge in [0.15, 0.2) is 0 Å². The lowest BCUT2D eigenvalue weighted by molar-refractivity contribution is 0.295. The molecule has 5 heteroatoms. The van der Waals surface area contributed by atoms with Crippen molar-refractivity contribution in [2.45, 2.75) is 60.0 Å². The number of rotatable bonds is 9. The summed E-state index contributed by atoms with van der Waals surface area (Å²) in [5.74, 6) is 0.973. The summed E-state index contributed by atoms with van der Waals surface area (Å²) >= 11 is 0. The molecular weight excluding hydrogens is 250 g/mol. The third-order valence-corrected chi connectivity index (χ3v) is 3.86. The highest BCUT2D eigenvalue weighted by atomic mass is 15.3. The van der Waals surface area contributed by atoms with Crippen LogP contribution < -0.4 is 11.1 Å². The predicted molar refractivity (Wildman–Crippen MR) is 87.2 cm³/mol. The van der Waals surface area contributed by atoms with Crippen molar-refractivity contribution < 1.29 is 0 Å². The summed E-state index contributed by atoms with van der Waals surface area (Å²) in [4.78, 5) is 2.46. The van der Waals surface area contributed by atoms with Crippen LogP contribution in [0.15, 0.2) is 0 Å². The second kappa shape index (κ2) is 8.15. The molecule has 20 heavy (non-hydrogen) atoms. The fourth-order valence-corrected chi connectivity index (χ4v) is 2.44. The van der Waals surface area contributed by atoms with E-state index < -0.39 is 0 Å². The minimum atomic E-state index is 0.411. The molecule has 1 aromatic heterocycles. The summed E-state index contributed by atoms with van der Waals surface area (Å²) in [6.07, 6.45) is 2.35. The minimum Gasteiger partial charge on any atom is -0.394 e. The van der Waals surface area contributed by atoms with Gasteiger partial charge in [-0.2, -0.15) is 5.10 Å². The van der Waals surface area contributed by atoms with Crippen LogP contribution in [0.1, 0.15) is 46.2 Å². The average Bonchev–Trinajstić information content (AvgIpc) is 2.71. The maximum absolute atomic E-state index is 6.09. The molecule has 0 bridgehead atoms. The summed E-state index contributed by atoms with van der Waals surface area (Å²) in [6.45, 7) is 15.0. The number of nitrogens with one attached hydrogen (secondary N) is 1. The van der Waals surface area contributed by atoms with E-state index in [1.165, 1.54) is 13.0 Å². The van der Waals surface area contributed by atoms with Gasteiger partial charge in [-0.15, -0.1) is 0 Å². The molecule has 3 N–H and O–H groups in total. The molecule has 1 rings (SSSR count). The van der Waals surface area contributed by atoms with E-state index in [4.69, 9.17) is 5.73 Å². The Balaban J connectivity index is 2.48. The van der Waals surface area contributed by atoms with Gasteiger partial charge in [0.1, 0.15) is 5.82 Å². The van der Waals surface area contributed by atoms with E-state index in [0.29, 0.717) is 6.04 Å². The van der Waals surface area contributed by atoms with Crippen molar-refractivity contribution in [1.82, 2.24) is 14.7 Å². The van der Waals surface area contributed by atoms with Crippen molar-refractivity contribution in [3.8, 4) is 0 Å². The van der Waals surface area contributed by atoms with E-state index in [-0.39, 0.29) is 0 Å². The van der Waals surface area contributed by atoms with Gasteiger partial charge in [-0.05, 0) is 53.2 Å². The Labute approximate surface area is 123 Å². The first-order valence-corrected chi connectivity index (χ1v) is 7.85. The van der Waals surface area contributed by atoms with E-state index in [0.717, 1.165) is 43.3 Å². The number of aryl methyl sites for hydroxylation is 2. The summed E-state index contributed by atoms with van der Waals surface area (Å²) in [7, 11) is 0. The van der Waals surface area contributed by atoms with Crippen LogP contribution in [0.5, 0.6) is 0 Å². The summed E-state index contributed by atoms with van der Waals surface area (Å²) in [6, 6.07) is 0.411. The Bertz CT molecular complexity index is 395. The van der Waals surface area contributed by atoms with E-state index in [1.807, 2.05) is 11.6 Å². The summed E-state index contributed by atoms with van der Waals surface area (Å²) < 4.78 is 1.95. The SMILES string of the molecule is CCN(CC)CCCC(C)Nc1c(N)c(C)nn1CC. The van der Waals surface area contributed by atoms with Gasteiger partial charge in [0.05, 0.1) is 11.4 Å². The highest BCUT2D eigenvalue weighted by Gasteiger charge is 2.13. The monoisotopic (exact) mass is 281 g/mol. The van der Waals surface area contributed by atoms with Crippen LogP contribution in [0, 0.1) is 6.92 Å². The molecule has 0 saturated carbocycles. The minimum absolute atomic E-state index is 0.411. The van der Waals surface area contributed by atoms with Crippen LogP contribution in [-0.2, 0) is 6.54 Å². The molecule has 0 aromatic carbocycles.